The molecule has 3 amide bonds. The highest BCUT2D eigenvalue weighted by Crippen LogP contribution is 2.42. The molecule has 2 aliphatic rings. The van der Waals surface area contributed by atoms with Crippen molar-refractivity contribution in [2.75, 3.05) is 23.4 Å². The van der Waals surface area contributed by atoms with Crippen LogP contribution in [0.25, 0.3) is 0 Å². The van der Waals surface area contributed by atoms with E-state index in [9.17, 15) is 14.4 Å². The fraction of sp³-hybridized carbons (Fsp3) is 0.476. The Morgan fingerprint density at radius 2 is 2.09 bits per heavy atom. The predicted octanol–water partition coefficient (Wildman–Crippen LogP) is 0.722. The lowest BCUT2D eigenvalue weighted by Gasteiger charge is -2.28. The number of hydrogen-bond acceptors (Lipinski definition) is 7. The van der Waals surface area contributed by atoms with Gasteiger partial charge >= 0.3 is 6.09 Å². The molecule has 1 aromatic carbocycles. The van der Waals surface area contributed by atoms with Crippen LogP contribution in [0.3, 0.4) is 0 Å². The Morgan fingerprint density at radius 1 is 1.31 bits per heavy atom. The van der Waals surface area contributed by atoms with E-state index in [2.05, 4.69) is 26.0 Å². The molecule has 11 nitrogen and oxygen atoms in total. The van der Waals surface area contributed by atoms with Crippen LogP contribution >= 0.6 is 0 Å². The standard InChI is InChI=1S/C21H27N7O4/c1-21(2,3)32-20(31)24-14-11-27(4)15-7-5-6-12-8-16(28(17(12)15)19(14)30)18(29)22-9-13-10-23-26-25-13/h5-7,10,14,16H,8-9,11H2,1-4H3,(H,22,29)(H,24,31)(H,23,25,26)/t14-,16-/m0/s1. The summed E-state index contributed by atoms with van der Waals surface area (Å²) in [5, 5.41) is 15.6. The van der Waals surface area contributed by atoms with E-state index in [0.717, 1.165) is 11.3 Å². The van der Waals surface area contributed by atoms with Crippen LogP contribution in [-0.4, -0.2) is 64.6 Å². The number of benzene rings is 1. The normalized spacial score (nSPS) is 19.9. The number of ether oxygens (including phenoxy) is 1. The molecule has 0 bridgehead atoms. The van der Waals surface area contributed by atoms with E-state index in [1.165, 1.54) is 4.90 Å². The zero-order chi connectivity index (χ0) is 23.0. The summed E-state index contributed by atoms with van der Waals surface area (Å²) in [6, 6.07) is 4.12. The van der Waals surface area contributed by atoms with Gasteiger partial charge in [0.05, 0.1) is 17.9 Å². The van der Waals surface area contributed by atoms with Gasteiger partial charge in [-0.05, 0) is 32.4 Å². The molecule has 0 saturated carbocycles. The van der Waals surface area contributed by atoms with Crippen molar-refractivity contribution < 1.29 is 19.1 Å². The number of nitrogens with zero attached hydrogens (tertiary/aromatic N) is 4. The number of para-hydroxylation sites is 1. The number of anilines is 2. The zero-order valence-electron chi connectivity index (χ0n) is 18.5. The van der Waals surface area contributed by atoms with Crippen LogP contribution < -0.4 is 20.4 Å². The number of aromatic amines is 1. The van der Waals surface area contributed by atoms with Crippen molar-refractivity contribution in [2.45, 2.75) is 51.4 Å². The van der Waals surface area contributed by atoms with Crippen molar-refractivity contribution in [1.82, 2.24) is 26.0 Å². The minimum Gasteiger partial charge on any atom is -0.444 e. The first-order valence-corrected chi connectivity index (χ1v) is 10.4. The number of hydrogen-bond donors (Lipinski definition) is 3. The maximum Gasteiger partial charge on any atom is 0.408 e. The molecule has 170 valence electrons. The SMILES string of the molecule is CN1C[C@H](NC(=O)OC(C)(C)C)C(=O)N2c3c(cccc31)C[C@H]2C(=O)NCc1c[nH]nn1. The quantitative estimate of drug-likeness (QED) is 0.637. The van der Waals surface area contributed by atoms with Crippen molar-refractivity contribution in [2.24, 2.45) is 0 Å². The number of rotatable bonds is 4. The molecule has 11 heteroatoms. The maximum atomic E-state index is 13.6. The number of aromatic nitrogens is 3. The summed E-state index contributed by atoms with van der Waals surface area (Å²) < 4.78 is 5.34. The molecule has 4 rings (SSSR count). The second kappa shape index (κ2) is 8.13. The van der Waals surface area contributed by atoms with E-state index in [-0.39, 0.29) is 24.9 Å². The predicted molar refractivity (Wildman–Crippen MR) is 116 cm³/mol. The number of amides is 3. The topological polar surface area (TPSA) is 133 Å². The van der Waals surface area contributed by atoms with E-state index >= 15 is 0 Å². The summed E-state index contributed by atoms with van der Waals surface area (Å²) in [6.45, 7) is 5.71. The summed E-state index contributed by atoms with van der Waals surface area (Å²) in [5.74, 6) is -0.655. The number of alkyl carbamates (subject to hydrolysis) is 1. The molecule has 3 heterocycles. The molecule has 2 aliphatic heterocycles. The Bertz CT molecular complexity index is 1030. The van der Waals surface area contributed by atoms with Crippen molar-refractivity contribution in [3.8, 4) is 0 Å². The second-order valence-corrected chi connectivity index (χ2v) is 8.97. The molecule has 0 fully saturated rings. The molecular formula is C21H27N7O4. The van der Waals surface area contributed by atoms with E-state index in [1.807, 2.05) is 30.1 Å². The highest BCUT2D eigenvalue weighted by atomic mass is 16.6. The van der Waals surface area contributed by atoms with Gasteiger partial charge in [-0.2, -0.15) is 0 Å². The molecule has 0 saturated heterocycles. The number of likely N-dealkylation sites (N-methyl/N-ethyl adjacent to an activating group) is 1. The molecule has 0 radical (unpaired) electrons. The molecule has 0 unspecified atom stereocenters. The number of nitrogens with one attached hydrogen (secondary N) is 3. The Labute approximate surface area is 185 Å². The summed E-state index contributed by atoms with van der Waals surface area (Å²) in [4.78, 5) is 42.5. The van der Waals surface area contributed by atoms with E-state index in [4.69, 9.17) is 4.74 Å². The van der Waals surface area contributed by atoms with Crippen LogP contribution in [0, 0.1) is 0 Å². The average molecular weight is 441 g/mol. The Hall–Kier alpha value is -3.63. The molecule has 0 spiro atoms. The van der Waals surface area contributed by atoms with Crippen molar-refractivity contribution in [3.05, 3.63) is 35.7 Å². The second-order valence-electron chi connectivity index (χ2n) is 8.97. The van der Waals surface area contributed by atoms with Crippen molar-refractivity contribution in [1.29, 1.82) is 0 Å². The first-order valence-electron chi connectivity index (χ1n) is 10.4. The smallest absolute Gasteiger partial charge is 0.408 e. The Morgan fingerprint density at radius 3 is 2.78 bits per heavy atom. The number of H-pyrrole nitrogens is 1. The van der Waals surface area contributed by atoms with Crippen molar-refractivity contribution in [3.63, 3.8) is 0 Å². The van der Waals surface area contributed by atoms with Gasteiger partial charge < -0.3 is 20.3 Å². The summed E-state index contributed by atoms with van der Waals surface area (Å²) in [5.41, 5.74) is 2.33. The molecule has 32 heavy (non-hydrogen) atoms. The lowest BCUT2D eigenvalue weighted by atomic mass is 10.1. The molecule has 2 aromatic rings. The van der Waals surface area contributed by atoms with Crippen LogP contribution in [-0.2, 0) is 27.3 Å². The van der Waals surface area contributed by atoms with Crippen LogP contribution in [0.5, 0.6) is 0 Å². The maximum absolute atomic E-state index is 13.6. The third-order valence-corrected chi connectivity index (χ3v) is 5.37. The highest BCUT2D eigenvalue weighted by Gasteiger charge is 2.45. The lowest BCUT2D eigenvalue weighted by molar-refractivity contribution is -0.127. The third-order valence-electron chi connectivity index (χ3n) is 5.37. The largest absolute Gasteiger partial charge is 0.444 e. The summed E-state index contributed by atoms with van der Waals surface area (Å²) in [6.07, 6.45) is 1.29. The van der Waals surface area contributed by atoms with Crippen molar-refractivity contribution >= 4 is 29.3 Å². The van der Waals surface area contributed by atoms with Gasteiger partial charge in [0.25, 0.3) is 5.91 Å². The van der Waals surface area contributed by atoms with Crippen LogP contribution in [0.1, 0.15) is 32.0 Å². The monoisotopic (exact) mass is 441 g/mol. The van der Waals surface area contributed by atoms with Gasteiger partial charge in [-0.15, -0.1) is 5.10 Å². The third kappa shape index (κ3) is 4.23. The minimum absolute atomic E-state index is 0.191. The van der Waals surface area contributed by atoms with Crippen LogP contribution in [0.4, 0.5) is 16.2 Å². The zero-order valence-corrected chi connectivity index (χ0v) is 18.5. The number of carbonyl (C=O) groups is 3. The van der Waals surface area contributed by atoms with Gasteiger partial charge in [0.2, 0.25) is 5.91 Å². The van der Waals surface area contributed by atoms with E-state index < -0.39 is 23.8 Å². The first-order chi connectivity index (χ1) is 15.1. The average Bonchev–Trinajstić information content (AvgIpc) is 3.34. The number of carbonyl (C=O) groups excluding carboxylic acids is 3. The van der Waals surface area contributed by atoms with Gasteiger partial charge in [0.15, 0.2) is 0 Å². The lowest BCUT2D eigenvalue weighted by Crippen LogP contribution is -2.56. The van der Waals surface area contributed by atoms with Gasteiger partial charge in [-0.25, -0.2) is 4.79 Å². The highest BCUT2D eigenvalue weighted by molar-refractivity contribution is 6.10. The first kappa shape index (κ1) is 21.6. The van der Waals surface area contributed by atoms with E-state index in [0.29, 0.717) is 17.8 Å². The minimum atomic E-state index is -0.876. The van der Waals surface area contributed by atoms with E-state index in [1.54, 1.807) is 27.0 Å². The van der Waals surface area contributed by atoms with Gasteiger partial charge in [0, 0.05) is 26.2 Å². The molecule has 0 aliphatic carbocycles. The van der Waals surface area contributed by atoms with Gasteiger partial charge in [-0.3, -0.25) is 19.6 Å². The molecule has 3 N–H and O–H groups in total. The molecule has 2 atom stereocenters. The van der Waals surface area contributed by atoms with Crippen LogP contribution in [0.15, 0.2) is 24.4 Å². The van der Waals surface area contributed by atoms with Crippen LogP contribution in [0.2, 0.25) is 0 Å². The fourth-order valence-corrected chi connectivity index (χ4v) is 4.04. The fourth-order valence-electron chi connectivity index (χ4n) is 4.04. The summed E-state index contributed by atoms with van der Waals surface area (Å²) >= 11 is 0. The van der Waals surface area contributed by atoms with Gasteiger partial charge in [0.1, 0.15) is 23.4 Å². The Balaban J connectivity index is 1.60. The molecular weight excluding hydrogens is 414 g/mol. The van der Waals surface area contributed by atoms with Gasteiger partial charge in [-0.1, -0.05) is 17.3 Å². The summed E-state index contributed by atoms with van der Waals surface area (Å²) in [7, 11) is 1.86. The Kier molecular flexibility index (Phi) is 5.49. The molecule has 1 aromatic heterocycles.